The fourth-order valence-electron chi connectivity index (χ4n) is 4.03. The summed E-state index contributed by atoms with van der Waals surface area (Å²) in [6.45, 7) is 4.68. The van der Waals surface area contributed by atoms with Crippen molar-refractivity contribution in [3.63, 3.8) is 0 Å². The second-order valence-electron chi connectivity index (χ2n) is 8.92. The minimum absolute atomic E-state index is 0.0707. The van der Waals surface area contributed by atoms with Crippen LogP contribution in [-0.2, 0) is 32.7 Å². The first kappa shape index (κ1) is 27.1. The van der Waals surface area contributed by atoms with Gasteiger partial charge < -0.3 is 19.5 Å². The number of aromatic nitrogens is 3. The minimum Gasteiger partial charge on any atom is -0.497 e. The number of methoxy groups -OCH3 is 1. The number of carbonyl (C=O) groups excluding carboxylic acids is 1. The molecule has 0 saturated carbocycles. The molecule has 0 aliphatic carbocycles. The molecule has 1 aromatic carbocycles. The number of benzene rings is 1. The number of rotatable bonds is 7. The molecule has 1 aliphatic heterocycles. The Morgan fingerprint density at radius 2 is 2.03 bits per heavy atom. The van der Waals surface area contributed by atoms with Crippen molar-refractivity contribution in [3.05, 3.63) is 36.2 Å². The van der Waals surface area contributed by atoms with Crippen molar-refractivity contribution in [2.24, 2.45) is 5.92 Å². The van der Waals surface area contributed by atoms with Gasteiger partial charge in [-0.15, -0.1) is 5.10 Å². The number of hydrogen-bond acceptors (Lipinski definition) is 8. The first-order valence-corrected chi connectivity index (χ1v) is 13.1. The fraction of sp³-hybridized carbons (Fsp3) is 0.609. The molecular weight excluding hydrogens is 474 g/mol. The van der Waals surface area contributed by atoms with Crippen LogP contribution in [0.15, 0.2) is 35.4 Å². The van der Waals surface area contributed by atoms with Gasteiger partial charge in [0.2, 0.25) is 15.9 Å². The van der Waals surface area contributed by atoms with E-state index in [2.05, 4.69) is 10.3 Å². The summed E-state index contributed by atoms with van der Waals surface area (Å²) in [4.78, 5) is 14.8. The number of aliphatic hydroxyl groups is 1. The molecule has 194 valence electrons. The summed E-state index contributed by atoms with van der Waals surface area (Å²) in [6.07, 6.45) is 1.99. The molecule has 1 aliphatic rings. The average Bonchev–Trinajstić information content (AvgIpc) is 3.30. The van der Waals surface area contributed by atoms with Crippen LogP contribution in [0.1, 0.15) is 32.4 Å². The molecule has 2 aromatic rings. The van der Waals surface area contributed by atoms with Crippen LogP contribution in [0.2, 0.25) is 0 Å². The number of aliphatic hydroxyl groups excluding tert-OH is 1. The third kappa shape index (κ3) is 6.57. The fourth-order valence-corrected chi connectivity index (χ4v) is 5.21. The van der Waals surface area contributed by atoms with E-state index in [1.807, 2.05) is 6.92 Å². The molecule has 2 heterocycles. The van der Waals surface area contributed by atoms with Gasteiger partial charge in [0.1, 0.15) is 5.75 Å². The van der Waals surface area contributed by atoms with Crippen molar-refractivity contribution in [1.82, 2.24) is 24.2 Å². The Kier molecular flexibility index (Phi) is 9.22. The predicted octanol–water partition coefficient (Wildman–Crippen LogP) is 1.13. The second kappa shape index (κ2) is 11.9. The van der Waals surface area contributed by atoms with E-state index >= 15 is 0 Å². The monoisotopic (exact) mass is 509 g/mol. The Bertz CT molecular complexity index is 1070. The van der Waals surface area contributed by atoms with Crippen LogP contribution in [0.4, 0.5) is 0 Å². The number of sulfonamides is 1. The van der Waals surface area contributed by atoms with Gasteiger partial charge >= 0.3 is 0 Å². The molecule has 1 aromatic heterocycles. The van der Waals surface area contributed by atoms with E-state index in [1.165, 1.54) is 30.6 Å². The van der Waals surface area contributed by atoms with E-state index in [4.69, 9.17) is 9.47 Å². The van der Waals surface area contributed by atoms with Gasteiger partial charge in [0, 0.05) is 39.0 Å². The summed E-state index contributed by atoms with van der Waals surface area (Å²) >= 11 is 0. The Morgan fingerprint density at radius 1 is 1.31 bits per heavy atom. The molecule has 0 fully saturated rings. The molecule has 0 bridgehead atoms. The average molecular weight is 510 g/mol. The van der Waals surface area contributed by atoms with Crippen LogP contribution >= 0.6 is 0 Å². The second-order valence-corrected chi connectivity index (χ2v) is 11.0. The lowest BCUT2D eigenvalue weighted by Gasteiger charge is -2.35. The molecule has 0 unspecified atom stereocenters. The SMILES string of the molecule is COc1ccc(S(=O)(=O)N(C)C[C@@H]2OCc3cnnn3CCCC(=O)N([C@H](C)CO)C[C@H]2C)cc1. The van der Waals surface area contributed by atoms with Crippen LogP contribution in [0, 0.1) is 5.92 Å². The normalized spacial score (nSPS) is 21.2. The summed E-state index contributed by atoms with van der Waals surface area (Å²) in [5.41, 5.74) is 0.761. The highest BCUT2D eigenvalue weighted by Gasteiger charge is 2.31. The minimum atomic E-state index is -3.78. The maximum absolute atomic E-state index is 13.2. The lowest BCUT2D eigenvalue weighted by molar-refractivity contribution is -0.136. The Morgan fingerprint density at radius 3 is 2.69 bits per heavy atom. The number of amides is 1. The third-order valence-corrected chi connectivity index (χ3v) is 8.18. The van der Waals surface area contributed by atoms with E-state index < -0.39 is 16.1 Å². The summed E-state index contributed by atoms with van der Waals surface area (Å²) in [5.74, 6) is 0.277. The highest BCUT2D eigenvalue weighted by Crippen LogP contribution is 2.22. The van der Waals surface area contributed by atoms with Gasteiger partial charge in [-0.1, -0.05) is 12.1 Å². The molecule has 0 saturated heterocycles. The van der Waals surface area contributed by atoms with E-state index in [0.29, 0.717) is 31.7 Å². The van der Waals surface area contributed by atoms with Gasteiger partial charge in [0.15, 0.2) is 0 Å². The summed E-state index contributed by atoms with van der Waals surface area (Å²) in [6, 6.07) is 5.84. The molecule has 0 spiro atoms. The zero-order valence-electron chi connectivity index (χ0n) is 20.7. The maximum Gasteiger partial charge on any atom is 0.242 e. The molecule has 0 radical (unpaired) electrons. The zero-order valence-corrected chi connectivity index (χ0v) is 21.5. The molecule has 1 N–H and O–H groups in total. The highest BCUT2D eigenvalue weighted by molar-refractivity contribution is 7.89. The van der Waals surface area contributed by atoms with Crippen LogP contribution < -0.4 is 4.74 Å². The van der Waals surface area contributed by atoms with Gasteiger partial charge in [0.25, 0.3) is 0 Å². The van der Waals surface area contributed by atoms with E-state index in [1.54, 1.807) is 34.8 Å². The van der Waals surface area contributed by atoms with Gasteiger partial charge in [0.05, 0.1) is 49.3 Å². The zero-order chi connectivity index (χ0) is 25.6. The van der Waals surface area contributed by atoms with Crippen molar-refractivity contribution in [2.75, 3.05) is 33.9 Å². The van der Waals surface area contributed by atoms with E-state index in [9.17, 15) is 18.3 Å². The number of fused-ring (bicyclic) bond motifs is 1. The first-order chi connectivity index (χ1) is 16.7. The summed E-state index contributed by atoms with van der Waals surface area (Å²) in [5, 5.41) is 17.8. The molecule has 3 atom stereocenters. The first-order valence-electron chi connectivity index (χ1n) is 11.7. The standard InChI is InChI=1S/C23H35N5O6S/c1-17-13-27(18(2)15-29)23(30)6-5-11-28-19(12-24-25-28)16-34-22(17)14-26(3)35(31,32)21-9-7-20(33-4)8-10-21/h7-10,12,17-18,22,29H,5-6,11,13-16H2,1-4H3/t17-,18-,22+/m1/s1. The van der Waals surface area contributed by atoms with Gasteiger partial charge in [-0.3, -0.25) is 4.79 Å². The lowest BCUT2D eigenvalue weighted by atomic mass is 10.0. The largest absolute Gasteiger partial charge is 0.497 e. The molecule has 1 amide bonds. The Hall–Kier alpha value is -2.54. The van der Waals surface area contributed by atoms with Crippen LogP contribution in [0.25, 0.3) is 0 Å². The molecule has 35 heavy (non-hydrogen) atoms. The van der Waals surface area contributed by atoms with Crippen LogP contribution in [-0.4, -0.2) is 89.6 Å². The van der Waals surface area contributed by atoms with E-state index in [-0.39, 0.29) is 42.5 Å². The van der Waals surface area contributed by atoms with E-state index in [0.717, 1.165) is 5.69 Å². The predicted molar refractivity (Wildman–Crippen MR) is 128 cm³/mol. The number of hydrogen-bond donors (Lipinski definition) is 1. The van der Waals surface area contributed by atoms with Crippen molar-refractivity contribution in [1.29, 1.82) is 0 Å². The molecule has 12 heteroatoms. The number of likely N-dealkylation sites (N-methyl/N-ethyl adjacent to an activating group) is 1. The van der Waals surface area contributed by atoms with Gasteiger partial charge in [-0.25, -0.2) is 13.1 Å². The van der Waals surface area contributed by atoms with Crippen LogP contribution in [0.3, 0.4) is 0 Å². The number of carbonyl (C=O) groups is 1. The van der Waals surface area contributed by atoms with Crippen molar-refractivity contribution in [3.8, 4) is 5.75 Å². The van der Waals surface area contributed by atoms with Gasteiger partial charge in [-0.05, 0) is 37.6 Å². The topological polar surface area (TPSA) is 127 Å². The molecule has 3 rings (SSSR count). The molecule has 11 nitrogen and oxygen atoms in total. The third-order valence-electron chi connectivity index (χ3n) is 6.34. The quantitative estimate of drug-likeness (QED) is 0.589. The highest BCUT2D eigenvalue weighted by atomic mass is 32.2. The number of aryl methyl sites for hydroxylation is 1. The smallest absolute Gasteiger partial charge is 0.242 e. The van der Waals surface area contributed by atoms with Crippen molar-refractivity contribution in [2.45, 2.75) is 56.9 Å². The number of nitrogens with zero attached hydrogens (tertiary/aromatic N) is 5. The van der Waals surface area contributed by atoms with Crippen LogP contribution in [0.5, 0.6) is 5.75 Å². The van der Waals surface area contributed by atoms with Gasteiger partial charge in [-0.2, -0.15) is 4.31 Å². The Balaban J connectivity index is 1.86. The Labute approximate surface area is 206 Å². The number of ether oxygens (including phenoxy) is 2. The lowest BCUT2D eigenvalue weighted by Crippen LogP contribution is -2.47. The maximum atomic E-state index is 13.2. The van der Waals surface area contributed by atoms with Crippen molar-refractivity contribution >= 4 is 15.9 Å². The van der Waals surface area contributed by atoms with Crippen molar-refractivity contribution < 1.29 is 27.8 Å². The molecular formula is C23H35N5O6S. The summed E-state index contributed by atoms with van der Waals surface area (Å²) in [7, 11) is -0.755. The summed E-state index contributed by atoms with van der Waals surface area (Å²) < 4.78 is 40.8.